The predicted molar refractivity (Wildman–Crippen MR) is 98.3 cm³/mol. The smallest absolute Gasteiger partial charge is 0.422 e. The van der Waals surface area contributed by atoms with Gasteiger partial charge in [0.1, 0.15) is 10.6 Å². The molecule has 28 heavy (non-hydrogen) atoms. The molecule has 0 atom stereocenters. The lowest BCUT2D eigenvalue weighted by Crippen LogP contribution is -2.27. The zero-order valence-electron chi connectivity index (χ0n) is 14.5. The first kappa shape index (κ1) is 19.9. The highest BCUT2D eigenvalue weighted by Gasteiger charge is 2.28. The number of halogens is 3. The molecule has 0 spiro atoms. The monoisotopic (exact) mass is 411 g/mol. The Kier molecular flexibility index (Phi) is 5.98. The lowest BCUT2D eigenvalue weighted by atomic mass is 10.2. The quantitative estimate of drug-likeness (QED) is 0.649. The number of carbonyl (C=O) groups is 1. The van der Waals surface area contributed by atoms with Crippen LogP contribution in [0, 0.1) is 0 Å². The van der Waals surface area contributed by atoms with Gasteiger partial charge >= 0.3 is 6.18 Å². The van der Waals surface area contributed by atoms with Gasteiger partial charge in [-0.3, -0.25) is 14.2 Å². The van der Waals surface area contributed by atoms with E-state index in [-0.39, 0.29) is 36.7 Å². The third-order valence-electron chi connectivity index (χ3n) is 3.85. The van der Waals surface area contributed by atoms with Crippen molar-refractivity contribution < 1.29 is 22.7 Å². The molecule has 0 aliphatic rings. The molecule has 0 aliphatic heterocycles. The van der Waals surface area contributed by atoms with Gasteiger partial charge < -0.3 is 10.1 Å². The summed E-state index contributed by atoms with van der Waals surface area (Å²) in [6.45, 7) is -0.933. The average molecular weight is 411 g/mol. The Morgan fingerprint density at radius 2 is 1.96 bits per heavy atom. The molecule has 0 bridgehead atoms. The van der Waals surface area contributed by atoms with Crippen molar-refractivity contribution in [1.82, 2.24) is 14.9 Å². The Morgan fingerprint density at radius 3 is 2.68 bits per heavy atom. The number of fused-ring (bicyclic) bond motifs is 1. The van der Waals surface area contributed by atoms with Crippen LogP contribution in [0.15, 0.2) is 46.8 Å². The van der Waals surface area contributed by atoms with Gasteiger partial charge in [0.25, 0.3) is 5.56 Å². The van der Waals surface area contributed by atoms with Crippen molar-refractivity contribution in [3.63, 3.8) is 0 Å². The van der Waals surface area contributed by atoms with Crippen LogP contribution in [0.2, 0.25) is 0 Å². The molecule has 1 N–H and O–H groups in total. The van der Waals surface area contributed by atoms with Gasteiger partial charge in [0, 0.05) is 19.5 Å². The Hall–Kier alpha value is -2.88. The second-order valence-corrected chi connectivity index (χ2v) is 6.85. The second kappa shape index (κ2) is 8.42. The third-order valence-corrected chi connectivity index (χ3v) is 4.67. The van der Waals surface area contributed by atoms with E-state index in [1.165, 1.54) is 34.4 Å². The van der Waals surface area contributed by atoms with Gasteiger partial charge in [0.15, 0.2) is 6.61 Å². The predicted octanol–water partition coefficient (Wildman–Crippen LogP) is 3.11. The maximum absolute atomic E-state index is 12.2. The van der Waals surface area contributed by atoms with Crippen molar-refractivity contribution in [3.05, 3.63) is 58.0 Å². The standard InChI is InChI=1S/C18H16F3N3O3S/c19-18(20,21)10-27-13-3-1-12(2-4-13)9-22-15(25)5-7-24-11-23-16-14(17(24)26)6-8-28-16/h1-4,6,8,11H,5,7,9-10H2,(H,22,25). The fraction of sp³-hybridized carbons (Fsp3) is 0.278. The summed E-state index contributed by atoms with van der Waals surface area (Å²) in [5, 5.41) is 5.02. The molecule has 2 heterocycles. The third kappa shape index (κ3) is 5.32. The molecular formula is C18H16F3N3O3S. The van der Waals surface area contributed by atoms with Crippen molar-refractivity contribution in [2.75, 3.05) is 6.61 Å². The summed E-state index contributed by atoms with van der Waals surface area (Å²) < 4.78 is 42.4. The average Bonchev–Trinajstić information content (AvgIpc) is 3.14. The molecule has 0 aliphatic carbocycles. The molecule has 148 valence electrons. The van der Waals surface area contributed by atoms with Crippen molar-refractivity contribution in [2.24, 2.45) is 0 Å². The lowest BCUT2D eigenvalue weighted by Gasteiger charge is -2.10. The van der Waals surface area contributed by atoms with Gasteiger partial charge in [-0.25, -0.2) is 4.98 Å². The molecule has 6 nitrogen and oxygen atoms in total. The number of aryl methyl sites for hydroxylation is 1. The van der Waals surface area contributed by atoms with E-state index in [1.807, 2.05) is 0 Å². The number of aromatic nitrogens is 2. The highest BCUT2D eigenvalue weighted by Crippen LogP contribution is 2.19. The SMILES string of the molecule is O=C(CCn1cnc2sccc2c1=O)NCc1ccc(OCC(F)(F)F)cc1. The number of hydrogen-bond donors (Lipinski definition) is 1. The molecule has 1 amide bonds. The van der Waals surface area contributed by atoms with Gasteiger partial charge in [0.05, 0.1) is 11.7 Å². The van der Waals surface area contributed by atoms with E-state index in [0.717, 1.165) is 0 Å². The number of alkyl halides is 3. The summed E-state index contributed by atoms with van der Waals surface area (Å²) in [6, 6.07) is 7.67. The van der Waals surface area contributed by atoms with Gasteiger partial charge in [-0.2, -0.15) is 13.2 Å². The molecule has 0 radical (unpaired) electrons. The minimum atomic E-state index is -4.39. The number of nitrogens with one attached hydrogen (secondary N) is 1. The van der Waals surface area contributed by atoms with E-state index < -0.39 is 12.8 Å². The van der Waals surface area contributed by atoms with E-state index in [1.54, 1.807) is 23.6 Å². The summed E-state index contributed by atoms with van der Waals surface area (Å²) in [5.41, 5.74) is 0.528. The van der Waals surface area contributed by atoms with Crippen molar-refractivity contribution >= 4 is 27.5 Å². The fourth-order valence-electron chi connectivity index (χ4n) is 2.43. The van der Waals surface area contributed by atoms with Crippen molar-refractivity contribution in [1.29, 1.82) is 0 Å². The van der Waals surface area contributed by atoms with E-state index in [9.17, 15) is 22.8 Å². The molecule has 2 aromatic heterocycles. The largest absolute Gasteiger partial charge is 0.484 e. The summed E-state index contributed by atoms with van der Waals surface area (Å²) in [6.07, 6.45) is -2.86. The van der Waals surface area contributed by atoms with Crippen LogP contribution in [-0.2, 0) is 17.9 Å². The Labute approximate surface area is 161 Å². The molecule has 1 aromatic carbocycles. The molecule has 10 heteroatoms. The van der Waals surface area contributed by atoms with Crippen LogP contribution in [0.5, 0.6) is 5.75 Å². The molecule has 0 fully saturated rings. The van der Waals surface area contributed by atoms with Crippen LogP contribution >= 0.6 is 11.3 Å². The van der Waals surface area contributed by atoms with E-state index in [2.05, 4.69) is 15.0 Å². The van der Waals surface area contributed by atoms with Crippen LogP contribution in [0.4, 0.5) is 13.2 Å². The van der Waals surface area contributed by atoms with E-state index in [4.69, 9.17) is 0 Å². The zero-order valence-corrected chi connectivity index (χ0v) is 15.3. The fourth-order valence-corrected chi connectivity index (χ4v) is 3.16. The molecular weight excluding hydrogens is 395 g/mol. The van der Waals surface area contributed by atoms with Crippen molar-refractivity contribution in [3.8, 4) is 5.75 Å². The number of rotatable bonds is 7. The first-order valence-electron chi connectivity index (χ1n) is 8.30. The topological polar surface area (TPSA) is 73.2 Å². The number of nitrogens with zero attached hydrogens (tertiary/aromatic N) is 2. The number of hydrogen-bond acceptors (Lipinski definition) is 5. The van der Waals surface area contributed by atoms with Crippen LogP contribution in [-0.4, -0.2) is 28.2 Å². The molecule has 0 saturated heterocycles. The first-order chi connectivity index (χ1) is 13.3. The number of ether oxygens (including phenoxy) is 1. The number of amides is 1. The maximum atomic E-state index is 12.2. The Bertz CT molecular complexity index is 1010. The molecule has 3 aromatic rings. The lowest BCUT2D eigenvalue weighted by molar-refractivity contribution is -0.153. The second-order valence-electron chi connectivity index (χ2n) is 5.96. The Morgan fingerprint density at radius 1 is 1.21 bits per heavy atom. The van der Waals surface area contributed by atoms with Gasteiger partial charge in [-0.05, 0) is 29.1 Å². The molecule has 3 rings (SSSR count). The van der Waals surface area contributed by atoms with Crippen LogP contribution < -0.4 is 15.6 Å². The highest BCUT2D eigenvalue weighted by atomic mass is 32.1. The minimum absolute atomic E-state index is 0.100. The zero-order chi connectivity index (χ0) is 20.1. The minimum Gasteiger partial charge on any atom is -0.484 e. The van der Waals surface area contributed by atoms with Gasteiger partial charge in [-0.15, -0.1) is 11.3 Å². The van der Waals surface area contributed by atoms with Crippen LogP contribution in [0.1, 0.15) is 12.0 Å². The van der Waals surface area contributed by atoms with Gasteiger partial charge in [-0.1, -0.05) is 12.1 Å². The summed E-state index contributed by atoms with van der Waals surface area (Å²) in [4.78, 5) is 29.1. The normalized spacial score (nSPS) is 11.5. The summed E-state index contributed by atoms with van der Waals surface area (Å²) >= 11 is 1.38. The van der Waals surface area contributed by atoms with Crippen molar-refractivity contribution in [2.45, 2.75) is 25.7 Å². The molecule has 0 saturated carbocycles. The maximum Gasteiger partial charge on any atom is 0.422 e. The van der Waals surface area contributed by atoms with Crippen LogP contribution in [0.3, 0.4) is 0 Å². The first-order valence-corrected chi connectivity index (χ1v) is 9.17. The van der Waals surface area contributed by atoms with Gasteiger partial charge in [0.2, 0.25) is 5.91 Å². The van der Waals surface area contributed by atoms with E-state index >= 15 is 0 Å². The Balaban J connectivity index is 1.47. The number of carbonyl (C=O) groups excluding carboxylic acids is 1. The summed E-state index contributed by atoms with van der Waals surface area (Å²) in [7, 11) is 0. The highest BCUT2D eigenvalue weighted by molar-refractivity contribution is 7.16. The summed E-state index contributed by atoms with van der Waals surface area (Å²) in [5.74, 6) is -0.155. The number of thiophene rings is 1. The number of benzene rings is 1. The van der Waals surface area contributed by atoms with Crippen LogP contribution in [0.25, 0.3) is 10.2 Å². The molecule has 0 unspecified atom stereocenters. The van der Waals surface area contributed by atoms with E-state index in [0.29, 0.717) is 15.8 Å².